The van der Waals surface area contributed by atoms with E-state index in [9.17, 15) is 9.59 Å². The lowest BCUT2D eigenvalue weighted by Crippen LogP contribution is -2.41. The lowest BCUT2D eigenvalue weighted by atomic mass is 10.2. The number of aromatic nitrogens is 4. The number of hydrogen-bond acceptors (Lipinski definition) is 5. The van der Waals surface area contributed by atoms with E-state index in [1.54, 1.807) is 9.58 Å². The van der Waals surface area contributed by atoms with Crippen LogP contribution in [0.5, 0.6) is 0 Å². The molecule has 0 bridgehead atoms. The number of hydrogen-bond donors (Lipinski definition) is 2. The third-order valence-corrected chi connectivity index (χ3v) is 4.31. The summed E-state index contributed by atoms with van der Waals surface area (Å²) in [6, 6.07) is 0. The van der Waals surface area contributed by atoms with Crippen LogP contribution in [0.4, 0.5) is 5.69 Å². The summed E-state index contributed by atoms with van der Waals surface area (Å²) in [6.07, 6.45) is 2.98. The molecule has 1 aliphatic rings. The number of halogens is 1. The summed E-state index contributed by atoms with van der Waals surface area (Å²) >= 11 is 3.24. The molecule has 1 aliphatic heterocycles. The molecule has 0 atom stereocenters. The standard InChI is InChI=1S/C14H17BrN6O3/c1-2-21-12(14(23)20-3-5-24-6-4-20)10(8-17-21)18-13(22)11-9(15)7-16-19-11/h7-8H,2-6H2,1H3,(H,16,19)(H,18,22). The van der Waals surface area contributed by atoms with Crippen molar-refractivity contribution in [3.05, 3.63) is 28.3 Å². The largest absolute Gasteiger partial charge is 0.378 e. The zero-order valence-electron chi connectivity index (χ0n) is 13.1. The quantitative estimate of drug-likeness (QED) is 0.805. The molecule has 0 aliphatic carbocycles. The Morgan fingerprint density at radius 2 is 2.12 bits per heavy atom. The molecular formula is C14H17BrN6O3. The molecule has 10 heteroatoms. The Hall–Kier alpha value is -2.20. The normalized spacial score (nSPS) is 14.7. The molecule has 0 radical (unpaired) electrons. The summed E-state index contributed by atoms with van der Waals surface area (Å²) in [5.41, 5.74) is 1.02. The van der Waals surface area contributed by atoms with Gasteiger partial charge in [-0.1, -0.05) is 0 Å². The first kappa shape index (κ1) is 16.7. The minimum Gasteiger partial charge on any atom is -0.378 e. The van der Waals surface area contributed by atoms with E-state index in [0.717, 1.165) is 0 Å². The van der Waals surface area contributed by atoms with Gasteiger partial charge in [-0.3, -0.25) is 19.4 Å². The molecule has 0 aromatic carbocycles. The highest BCUT2D eigenvalue weighted by atomic mass is 79.9. The van der Waals surface area contributed by atoms with Crippen LogP contribution in [0.1, 0.15) is 27.9 Å². The average Bonchev–Trinajstić information content (AvgIpc) is 3.21. The lowest BCUT2D eigenvalue weighted by molar-refractivity contribution is 0.0295. The van der Waals surface area contributed by atoms with Gasteiger partial charge >= 0.3 is 0 Å². The number of rotatable bonds is 4. The fourth-order valence-electron chi connectivity index (χ4n) is 2.47. The third-order valence-electron chi connectivity index (χ3n) is 3.71. The highest BCUT2D eigenvalue weighted by Gasteiger charge is 2.26. The number of aromatic amines is 1. The Balaban J connectivity index is 1.86. The van der Waals surface area contributed by atoms with Gasteiger partial charge in [-0.05, 0) is 22.9 Å². The van der Waals surface area contributed by atoms with E-state index in [1.807, 2.05) is 6.92 Å². The maximum Gasteiger partial charge on any atom is 0.274 e. The fourth-order valence-corrected chi connectivity index (χ4v) is 2.84. The average molecular weight is 397 g/mol. The summed E-state index contributed by atoms with van der Waals surface area (Å²) < 4.78 is 7.40. The van der Waals surface area contributed by atoms with Gasteiger partial charge in [0, 0.05) is 19.6 Å². The van der Waals surface area contributed by atoms with E-state index in [1.165, 1.54) is 12.4 Å². The van der Waals surface area contributed by atoms with E-state index in [2.05, 4.69) is 36.5 Å². The van der Waals surface area contributed by atoms with Crippen molar-refractivity contribution in [2.24, 2.45) is 0 Å². The van der Waals surface area contributed by atoms with Crippen LogP contribution in [0.25, 0.3) is 0 Å². The Morgan fingerprint density at radius 3 is 2.75 bits per heavy atom. The van der Waals surface area contributed by atoms with Crippen molar-refractivity contribution in [1.82, 2.24) is 24.9 Å². The Morgan fingerprint density at radius 1 is 1.38 bits per heavy atom. The van der Waals surface area contributed by atoms with Gasteiger partial charge in [0.25, 0.3) is 11.8 Å². The molecule has 24 heavy (non-hydrogen) atoms. The highest BCUT2D eigenvalue weighted by Crippen LogP contribution is 2.21. The Bertz CT molecular complexity index is 750. The van der Waals surface area contributed by atoms with E-state index in [0.29, 0.717) is 48.7 Å². The molecule has 2 aromatic rings. The van der Waals surface area contributed by atoms with Crippen LogP contribution >= 0.6 is 15.9 Å². The first-order valence-corrected chi connectivity index (χ1v) is 8.34. The molecule has 3 rings (SSSR count). The van der Waals surface area contributed by atoms with Crippen LogP contribution in [0.15, 0.2) is 16.9 Å². The van der Waals surface area contributed by atoms with Gasteiger partial charge in [0.1, 0.15) is 11.4 Å². The predicted octanol–water partition coefficient (Wildman–Crippen LogP) is 1.11. The van der Waals surface area contributed by atoms with E-state index in [4.69, 9.17) is 4.74 Å². The van der Waals surface area contributed by atoms with Crippen molar-refractivity contribution in [3.8, 4) is 0 Å². The smallest absolute Gasteiger partial charge is 0.274 e. The van der Waals surface area contributed by atoms with Crippen LogP contribution in [-0.2, 0) is 11.3 Å². The monoisotopic (exact) mass is 396 g/mol. The second-order valence-corrected chi connectivity index (χ2v) is 6.03. The number of nitrogens with zero attached hydrogens (tertiary/aromatic N) is 4. The summed E-state index contributed by atoms with van der Waals surface area (Å²) in [5.74, 6) is -0.567. The Kier molecular flexibility index (Phi) is 4.95. The van der Waals surface area contributed by atoms with Gasteiger partial charge in [0.05, 0.1) is 35.8 Å². The van der Waals surface area contributed by atoms with Crippen molar-refractivity contribution in [2.75, 3.05) is 31.6 Å². The van der Waals surface area contributed by atoms with Gasteiger partial charge in [-0.15, -0.1) is 0 Å². The number of anilines is 1. The number of nitrogens with one attached hydrogen (secondary N) is 2. The number of H-pyrrole nitrogens is 1. The fraction of sp³-hybridized carbons (Fsp3) is 0.429. The van der Waals surface area contributed by atoms with Gasteiger partial charge in [-0.25, -0.2) is 0 Å². The summed E-state index contributed by atoms with van der Waals surface area (Å²) in [5, 5.41) is 13.3. The third kappa shape index (κ3) is 3.20. The van der Waals surface area contributed by atoms with Gasteiger partial charge in [0.2, 0.25) is 0 Å². The van der Waals surface area contributed by atoms with Crippen molar-refractivity contribution in [3.63, 3.8) is 0 Å². The number of ether oxygens (including phenoxy) is 1. The molecule has 1 saturated heterocycles. The Labute approximate surface area is 146 Å². The molecule has 0 unspecified atom stereocenters. The highest BCUT2D eigenvalue weighted by molar-refractivity contribution is 9.10. The first-order valence-electron chi connectivity index (χ1n) is 7.54. The molecule has 1 fully saturated rings. The molecule has 9 nitrogen and oxygen atoms in total. The maximum atomic E-state index is 12.8. The molecule has 2 aromatic heterocycles. The topological polar surface area (TPSA) is 105 Å². The zero-order valence-corrected chi connectivity index (χ0v) is 14.7. The second-order valence-electron chi connectivity index (χ2n) is 5.17. The minimum atomic E-state index is -0.397. The van der Waals surface area contributed by atoms with Gasteiger partial charge < -0.3 is 15.0 Å². The molecular weight excluding hydrogens is 380 g/mol. The molecule has 0 spiro atoms. The van der Waals surface area contributed by atoms with Crippen molar-refractivity contribution in [2.45, 2.75) is 13.5 Å². The van der Waals surface area contributed by atoms with Crippen LogP contribution in [0.2, 0.25) is 0 Å². The zero-order chi connectivity index (χ0) is 17.1. The maximum absolute atomic E-state index is 12.8. The predicted molar refractivity (Wildman–Crippen MR) is 88.9 cm³/mol. The second kappa shape index (κ2) is 7.14. The van der Waals surface area contributed by atoms with E-state index >= 15 is 0 Å². The van der Waals surface area contributed by atoms with E-state index < -0.39 is 5.91 Å². The summed E-state index contributed by atoms with van der Waals surface area (Å²) in [7, 11) is 0. The molecule has 128 valence electrons. The van der Waals surface area contributed by atoms with E-state index in [-0.39, 0.29) is 11.6 Å². The molecule has 2 N–H and O–H groups in total. The number of carbonyl (C=O) groups is 2. The van der Waals surface area contributed by atoms with Crippen LogP contribution in [-0.4, -0.2) is 63.0 Å². The summed E-state index contributed by atoms with van der Waals surface area (Å²) in [4.78, 5) is 26.9. The lowest BCUT2D eigenvalue weighted by Gasteiger charge is -2.27. The van der Waals surface area contributed by atoms with Crippen LogP contribution < -0.4 is 5.32 Å². The van der Waals surface area contributed by atoms with Crippen LogP contribution in [0, 0.1) is 0 Å². The number of carbonyl (C=O) groups excluding carboxylic acids is 2. The van der Waals surface area contributed by atoms with Crippen molar-refractivity contribution >= 4 is 33.4 Å². The molecule has 2 amide bonds. The SMILES string of the molecule is CCn1ncc(NC(=O)c2[nH]ncc2Br)c1C(=O)N1CCOCC1. The number of morpholine rings is 1. The van der Waals surface area contributed by atoms with Crippen molar-refractivity contribution < 1.29 is 14.3 Å². The molecule has 0 saturated carbocycles. The first-order chi connectivity index (χ1) is 11.6. The van der Waals surface area contributed by atoms with Gasteiger partial charge in [-0.2, -0.15) is 10.2 Å². The number of amides is 2. The minimum absolute atomic E-state index is 0.170. The van der Waals surface area contributed by atoms with Gasteiger partial charge in [0.15, 0.2) is 0 Å². The van der Waals surface area contributed by atoms with Crippen molar-refractivity contribution in [1.29, 1.82) is 0 Å². The van der Waals surface area contributed by atoms with Crippen LogP contribution in [0.3, 0.4) is 0 Å². The summed E-state index contributed by atoms with van der Waals surface area (Å²) in [6.45, 7) is 4.47. The number of aryl methyl sites for hydroxylation is 1. The molecule has 3 heterocycles.